The predicted octanol–water partition coefficient (Wildman–Crippen LogP) is 2.77. The summed E-state index contributed by atoms with van der Waals surface area (Å²) in [6.45, 7) is 6.15. The molecule has 3 rings (SSSR count). The largest absolute Gasteiger partial charge is 0.462 e. The minimum atomic E-state index is -0.667. The molecule has 2 amide bonds. The van der Waals surface area contributed by atoms with Crippen LogP contribution in [0.1, 0.15) is 61.7 Å². The lowest BCUT2D eigenvalue weighted by Gasteiger charge is -2.11. The van der Waals surface area contributed by atoms with Crippen molar-refractivity contribution < 1.29 is 23.5 Å². The molecule has 1 saturated heterocycles. The van der Waals surface area contributed by atoms with Gasteiger partial charge in [0.05, 0.1) is 23.6 Å². The standard InChI is InChI=1S/C19H23N3O5S/c1-3-26-19(25)14-11(2)15(16(20)23)28-18(14)21-17(24)13-7-6-12(27-13)10-22-8-4-5-9-22/h6-7H,3-5,8-10H2,1-2H3,(H2,20,23)(H,21,24). The van der Waals surface area contributed by atoms with Gasteiger partial charge in [0, 0.05) is 0 Å². The van der Waals surface area contributed by atoms with Crippen LogP contribution in [-0.4, -0.2) is 42.4 Å². The van der Waals surface area contributed by atoms with Crippen molar-refractivity contribution in [1.82, 2.24) is 4.90 Å². The van der Waals surface area contributed by atoms with E-state index in [0.29, 0.717) is 17.9 Å². The molecule has 0 unspecified atom stereocenters. The smallest absolute Gasteiger partial charge is 0.341 e. The zero-order chi connectivity index (χ0) is 20.3. The van der Waals surface area contributed by atoms with Gasteiger partial charge < -0.3 is 20.2 Å². The van der Waals surface area contributed by atoms with Crippen LogP contribution in [0, 0.1) is 6.92 Å². The third-order valence-corrected chi connectivity index (χ3v) is 5.76. The molecule has 2 aromatic rings. The van der Waals surface area contributed by atoms with Crippen LogP contribution in [0.15, 0.2) is 16.5 Å². The van der Waals surface area contributed by atoms with Gasteiger partial charge in [0.25, 0.3) is 11.8 Å². The molecule has 1 aliphatic rings. The van der Waals surface area contributed by atoms with Crippen molar-refractivity contribution in [2.45, 2.75) is 33.2 Å². The maximum atomic E-state index is 12.6. The number of nitrogens with zero attached hydrogens (tertiary/aromatic N) is 1. The number of carbonyl (C=O) groups is 3. The van der Waals surface area contributed by atoms with E-state index in [4.69, 9.17) is 14.9 Å². The molecule has 0 aromatic carbocycles. The summed E-state index contributed by atoms with van der Waals surface area (Å²) in [6, 6.07) is 3.37. The van der Waals surface area contributed by atoms with Crippen molar-refractivity contribution in [3.05, 3.63) is 39.7 Å². The third kappa shape index (κ3) is 4.26. The summed E-state index contributed by atoms with van der Waals surface area (Å²) in [5, 5.41) is 2.87. The van der Waals surface area contributed by atoms with Crippen molar-refractivity contribution >= 4 is 34.1 Å². The maximum absolute atomic E-state index is 12.6. The lowest BCUT2D eigenvalue weighted by atomic mass is 10.1. The molecule has 3 N–H and O–H groups in total. The number of nitrogens with two attached hydrogens (primary N) is 1. The van der Waals surface area contributed by atoms with Gasteiger partial charge in [0.15, 0.2) is 5.76 Å². The van der Waals surface area contributed by atoms with Crippen LogP contribution in [0.5, 0.6) is 0 Å². The number of hydrogen-bond donors (Lipinski definition) is 2. The van der Waals surface area contributed by atoms with Crippen molar-refractivity contribution in [1.29, 1.82) is 0 Å². The Morgan fingerprint density at radius 3 is 2.64 bits per heavy atom. The topological polar surface area (TPSA) is 115 Å². The number of hydrogen-bond acceptors (Lipinski definition) is 7. The highest BCUT2D eigenvalue weighted by molar-refractivity contribution is 7.18. The van der Waals surface area contributed by atoms with E-state index in [-0.39, 0.29) is 27.8 Å². The zero-order valence-electron chi connectivity index (χ0n) is 15.9. The van der Waals surface area contributed by atoms with Crippen molar-refractivity contribution in [2.75, 3.05) is 25.0 Å². The number of rotatable bonds is 7. The van der Waals surface area contributed by atoms with Gasteiger partial charge in [-0.2, -0.15) is 0 Å². The Labute approximate surface area is 166 Å². The Hall–Kier alpha value is -2.65. The van der Waals surface area contributed by atoms with Crippen LogP contribution in [-0.2, 0) is 11.3 Å². The van der Waals surface area contributed by atoms with Gasteiger partial charge in [-0.3, -0.25) is 14.5 Å². The number of thiophene rings is 1. The monoisotopic (exact) mass is 405 g/mol. The van der Waals surface area contributed by atoms with Gasteiger partial charge >= 0.3 is 5.97 Å². The molecule has 2 aromatic heterocycles. The van der Waals surface area contributed by atoms with E-state index in [9.17, 15) is 14.4 Å². The van der Waals surface area contributed by atoms with E-state index in [0.717, 1.165) is 24.4 Å². The molecule has 150 valence electrons. The average molecular weight is 405 g/mol. The first-order valence-electron chi connectivity index (χ1n) is 9.13. The second-order valence-corrected chi connectivity index (χ2v) is 7.57. The SMILES string of the molecule is CCOC(=O)c1c(NC(=O)c2ccc(CN3CCCC3)o2)sc(C(N)=O)c1C. The van der Waals surface area contributed by atoms with Crippen LogP contribution in [0.2, 0.25) is 0 Å². The van der Waals surface area contributed by atoms with Crippen molar-refractivity contribution in [3.8, 4) is 0 Å². The average Bonchev–Trinajstić information content (AvgIpc) is 3.36. The quantitative estimate of drug-likeness (QED) is 0.685. The summed E-state index contributed by atoms with van der Waals surface area (Å²) in [4.78, 5) is 39.0. The Balaban J connectivity index is 1.79. The maximum Gasteiger partial charge on any atom is 0.341 e. The Morgan fingerprint density at radius 2 is 2.00 bits per heavy atom. The van der Waals surface area contributed by atoms with Crippen LogP contribution < -0.4 is 11.1 Å². The fraction of sp³-hybridized carbons (Fsp3) is 0.421. The first kappa shape index (κ1) is 20.1. The van der Waals surface area contributed by atoms with Crippen LogP contribution >= 0.6 is 11.3 Å². The Kier molecular flexibility index (Phi) is 6.15. The summed E-state index contributed by atoms with van der Waals surface area (Å²) in [7, 11) is 0. The highest BCUT2D eigenvalue weighted by atomic mass is 32.1. The van der Waals surface area contributed by atoms with Gasteiger partial charge in [0.2, 0.25) is 0 Å². The molecule has 0 bridgehead atoms. The number of nitrogens with one attached hydrogen (secondary N) is 1. The first-order valence-corrected chi connectivity index (χ1v) is 9.95. The van der Waals surface area contributed by atoms with Crippen molar-refractivity contribution in [2.24, 2.45) is 5.73 Å². The van der Waals surface area contributed by atoms with Gasteiger partial charge in [-0.15, -0.1) is 11.3 Å². The number of likely N-dealkylation sites (tertiary alicyclic amines) is 1. The number of anilines is 1. The zero-order valence-corrected chi connectivity index (χ0v) is 16.7. The molecule has 1 fully saturated rings. The van der Waals surface area contributed by atoms with E-state index in [1.54, 1.807) is 26.0 Å². The van der Waals surface area contributed by atoms with E-state index < -0.39 is 17.8 Å². The second kappa shape index (κ2) is 8.57. The molecule has 3 heterocycles. The number of primary amides is 1. The van der Waals surface area contributed by atoms with E-state index in [2.05, 4.69) is 10.2 Å². The number of esters is 1. The minimum Gasteiger partial charge on any atom is -0.462 e. The summed E-state index contributed by atoms with van der Waals surface area (Å²) < 4.78 is 10.7. The molecule has 9 heteroatoms. The van der Waals surface area contributed by atoms with E-state index >= 15 is 0 Å². The van der Waals surface area contributed by atoms with E-state index in [1.165, 1.54) is 12.8 Å². The summed E-state index contributed by atoms with van der Waals surface area (Å²) in [5.41, 5.74) is 5.90. The highest BCUT2D eigenvalue weighted by Crippen LogP contribution is 2.34. The second-order valence-electron chi connectivity index (χ2n) is 6.55. The molecule has 0 atom stereocenters. The molecule has 0 radical (unpaired) electrons. The summed E-state index contributed by atoms with van der Waals surface area (Å²) in [5.74, 6) is -0.948. The van der Waals surface area contributed by atoms with Gasteiger partial charge in [0.1, 0.15) is 10.8 Å². The lowest BCUT2D eigenvalue weighted by molar-refractivity contribution is 0.0527. The van der Waals surface area contributed by atoms with Gasteiger partial charge in [-0.05, 0) is 57.5 Å². The number of carbonyl (C=O) groups excluding carboxylic acids is 3. The summed E-state index contributed by atoms with van der Waals surface area (Å²) in [6.07, 6.45) is 2.34. The number of ether oxygens (including phenoxy) is 1. The van der Waals surface area contributed by atoms with Gasteiger partial charge in [-0.25, -0.2) is 4.79 Å². The molecule has 1 aliphatic heterocycles. The van der Waals surface area contributed by atoms with Crippen LogP contribution in [0.25, 0.3) is 0 Å². The third-order valence-electron chi connectivity index (χ3n) is 4.54. The van der Waals surface area contributed by atoms with Crippen LogP contribution in [0.3, 0.4) is 0 Å². The molecule has 0 aliphatic carbocycles. The molecule has 28 heavy (non-hydrogen) atoms. The fourth-order valence-electron chi connectivity index (χ4n) is 3.20. The highest BCUT2D eigenvalue weighted by Gasteiger charge is 2.26. The Bertz CT molecular complexity index is 896. The number of amides is 2. The summed E-state index contributed by atoms with van der Waals surface area (Å²) >= 11 is 0.947. The molecule has 8 nitrogen and oxygen atoms in total. The molecule has 0 saturated carbocycles. The molecular formula is C19H23N3O5S. The predicted molar refractivity (Wildman–Crippen MR) is 105 cm³/mol. The molecular weight excluding hydrogens is 382 g/mol. The first-order chi connectivity index (χ1) is 13.4. The lowest BCUT2D eigenvalue weighted by Crippen LogP contribution is -2.18. The molecule has 0 spiro atoms. The van der Waals surface area contributed by atoms with Gasteiger partial charge in [-0.1, -0.05) is 0 Å². The Morgan fingerprint density at radius 1 is 1.29 bits per heavy atom. The van der Waals surface area contributed by atoms with E-state index in [1.807, 2.05) is 0 Å². The minimum absolute atomic E-state index is 0.135. The van der Waals surface area contributed by atoms with Crippen molar-refractivity contribution in [3.63, 3.8) is 0 Å². The number of furan rings is 1. The van der Waals surface area contributed by atoms with Crippen LogP contribution in [0.4, 0.5) is 5.00 Å². The fourth-order valence-corrected chi connectivity index (χ4v) is 4.24. The normalized spacial score (nSPS) is 14.2.